The summed E-state index contributed by atoms with van der Waals surface area (Å²) >= 11 is 2.21. The maximum absolute atomic E-state index is 5.99. The van der Waals surface area contributed by atoms with Crippen molar-refractivity contribution >= 4 is 28.4 Å². The van der Waals surface area contributed by atoms with Crippen LogP contribution in [0, 0.1) is 10.5 Å². The second-order valence-electron chi connectivity index (χ2n) is 4.60. The van der Waals surface area contributed by atoms with Crippen molar-refractivity contribution in [1.29, 1.82) is 0 Å². The van der Waals surface area contributed by atoms with Crippen LogP contribution in [0.1, 0.15) is 31.0 Å². The molecular formula is C14H16IN3. The molecule has 0 saturated heterocycles. The third kappa shape index (κ3) is 2.48. The first-order valence-corrected chi connectivity index (χ1v) is 6.97. The Bertz CT molecular complexity index is 579. The van der Waals surface area contributed by atoms with Crippen LogP contribution in [-0.4, -0.2) is 9.97 Å². The highest BCUT2D eigenvalue weighted by atomic mass is 127. The molecule has 0 aliphatic carbocycles. The smallest absolute Gasteiger partial charge is 0.162 e. The lowest BCUT2D eigenvalue weighted by atomic mass is 10.1. The fourth-order valence-corrected chi connectivity index (χ4v) is 2.67. The molecule has 2 aromatic rings. The van der Waals surface area contributed by atoms with Gasteiger partial charge in [-0.25, -0.2) is 9.97 Å². The molecule has 0 saturated carbocycles. The minimum absolute atomic E-state index is 0.338. The largest absolute Gasteiger partial charge is 0.383 e. The average Bonchev–Trinajstić information content (AvgIpc) is 2.33. The first-order chi connectivity index (χ1) is 8.50. The van der Waals surface area contributed by atoms with Gasteiger partial charge in [0.25, 0.3) is 0 Å². The molecular weight excluding hydrogens is 337 g/mol. The van der Waals surface area contributed by atoms with Crippen molar-refractivity contribution < 1.29 is 0 Å². The lowest BCUT2D eigenvalue weighted by Crippen LogP contribution is -2.06. The molecule has 0 unspecified atom stereocenters. The average molecular weight is 353 g/mol. The zero-order valence-electron chi connectivity index (χ0n) is 10.7. The van der Waals surface area contributed by atoms with Gasteiger partial charge in [-0.15, -0.1) is 0 Å². The molecule has 0 spiro atoms. The second-order valence-corrected chi connectivity index (χ2v) is 5.68. The SMILES string of the molecule is Cc1ccccc1-c1nc(N)c(I)c(C(C)C)n1. The molecule has 1 aromatic carbocycles. The Morgan fingerprint density at radius 1 is 1.17 bits per heavy atom. The molecule has 0 radical (unpaired) electrons. The van der Waals surface area contributed by atoms with Gasteiger partial charge in [-0.05, 0) is 41.0 Å². The number of hydrogen-bond acceptors (Lipinski definition) is 3. The van der Waals surface area contributed by atoms with Crippen molar-refractivity contribution in [2.75, 3.05) is 5.73 Å². The Morgan fingerprint density at radius 3 is 2.44 bits per heavy atom. The van der Waals surface area contributed by atoms with Gasteiger partial charge < -0.3 is 5.73 Å². The Morgan fingerprint density at radius 2 is 1.83 bits per heavy atom. The van der Waals surface area contributed by atoms with E-state index >= 15 is 0 Å². The predicted molar refractivity (Wildman–Crippen MR) is 83.4 cm³/mol. The van der Waals surface area contributed by atoms with Gasteiger partial charge in [0.1, 0.15) is 5.82 Å². The lowest BCUT2D eigenvalue weighted by Gasteiger charge is -2.12. The standard InChI is InChI=1S/C14H16IN3/c1-8(2)12-11(15)13(16)18-14(17-12)10-7-5-4-6-9(10)3/h4-8H,1-3H3,(H2,16,17,18). The van der Waals surface area contributed by atoms with Gasteiger partial charge in [0.15, 0.2) is 5.82 Å². The van der Waals surface area contributed by atoms with E-state index in [4.69, 9.17) is 5.73 Å². The fourth-order valence-electron chi connectivity index (χ4n) is 1.81. The van der Waals surface area contributed by atoms with Crippen LogP contribution in [-0.2, 0) is 0 Å². The summed E-state index contributed by atoms with van der Waals surface area (Å²) in [5.74, 6) is 1.62. The van der Waals surface area contributed by atoms with Crippen LogP contribution in [0.2, 0.25) is 0 Å². The molecule has 2 rings (SSSR count). The summed E-state index contributed by atoms with van der Waals surface area (Å²) in [6.07, 6.45) is 0. The molecule has 0 bridgehead atoms. The van der Waals surface area contributed by atoms with E-state index in [-0.39, 0.29) is 0 Å². The number of nitrogen functional groups attached to an aromatic ring is 1. The van der Waals surface area contributed by atoms with E-state index < -0.39 is 0 Å². The number of rotatable bonds is 2. The number of nitrogens with zero attached hydrogens (tertiary/aromatic N) is 2. The predicted octanol–water partition coefficient (Wildman–Crippen LogP) is 3.76. The summed E-state index contributed by atoms with van der Waals surface area (Å²) in [6, 6.07) is 8.09. The van der Waals surface area contributed by atoms with E-state index in [9.17, 15) is 0 Å². The third-order valence-electron chi connectivity index (χ3n) is 2.84. The van der Waals surface area contributed by atoms with Crippen LogP contribution in [0.5, 0.6) is 0 Å². The van der Waals surface area contributed by atoms with Crippen LogP contribution < -0.4 is 5.73 Å². The van der Waals surface area contributed by atoms with Crippen LogP contribution in [0.15, 0.2) is 24.3 Å². The third-order valence-corrected chi connectivity index (χ3v) is 3.94. The molecule has 0 fully saturated rings. The zero-order chi connectivity index (χ0) is 13.3. The van der Waals surface area contributed by atoms with Crippen molar-refractivity contribution in [2.45, 2.75) is 26.7 Å². The number of halogens is 1. The number of aromatic nitrogens is 2. The first-order valence-electron chi connectivity index (χ1n) is 5.89. The van der Waals surface area contributed by atoms with E-state index in [1.165, 1.54) is 0 Å². The van der Waals surface area contributed by atoms with E-state index in [1.807, 2.05) is 18.2 Å². The number of benzene rings is 1. The fraction of sp³-hybridized carbons (Fsp3) is 0.286. The van der Waals surface area contributed by atoms with Crippen molar-refractivity contribution in [3.63, 3.8) is 0 Å². The van der Waals surface area contributed by atoms with Crippen LogP contribution in [0.4, 0.5) is 5.82 Å². The van der Waals surface area contributed by atoms with Crippen molar-refractivity contribution in [1.82, 2.24) is 9.97 Å². The minimum atomic E-state index is 0.338. The molecule has 94 valence electrons. The van der Waals surface area contributed by atoms with Gasteiger partial charge in [-0.3, -0.25) is 0 Å². The number of aryl methyl sites for hydroxylation is 1. The quantitative estimate of drug-likeness (QED) is 0.837. The van der Waals surface area contributed by atoms with Gasteiger partial charge in [-0.1, -0.05) is 38.1 Å². The highest BCUT2D eigenvalue weighted by Crippen LogP contribution is 2.27. The Labute approximate surface area is 121 Å². The molecule has 1 heterocycles. The van der Waals surface area contributed by atoms with Gasteiger partial charge in [0.2, 0.25) is 0 Å². The number of hydrogen-bond donors (Lipinski definition) is 1. The molecule has 3 nitrogen and oxygen atoms in total. The highest BCUT2D eigenvalue weighted by molar-refractivity contribution is 14.1. The molecule has 0 amide bonds. The molecule has 0 aliphatic heterocycles. The topological polar surface area (TPSA) is 51.8 Å². The summed E-state index contributed by atoms with van der Waals surface area (Å²) in [4.78, 5) is 9.07. The van der Waals surface area contributed by atoms with E-state index in [0.717, 1.165) is 26.2 Å². The summed E-state index contributed by atoms with van der Waals surface area (Å²) < 4.78 is 0.958. The van der Waals surface area contributed by atoms with Crippen LogP contribution >= 0.6 is 22.6 Å². The Balaban J connectivity index is 2.63. The van der Waals surface area contributed by atoms with Gasteiger partial charge >= 0.3 is 0 Å². The number of anilines is 1. The molecule has 0 atom stereocenters. The van der Waals surface area contributed by atoms with Gasteiger partial charge in [-0.2, -0.15) is 0 Å². The first kappa shape index (κ1) is 13.3. The van der Waals surface area contributed by atoms with Crippen LogP contribution in [0.3, 0.4) is 0 Å². The van der Waals surface area contributed by atoms with E-state index in [2.05, 4.69) is 59.4 Å². The van der Waals surface area contributed by atoms with Crippen LogP contribution in [0.25, 0.3) is 11.4 Å². The number of nitrogens with two attached hydrogens (primary N) is 1. The summed E-state index contributed by atoms with van der Waals surface area (Å²) in [7, 11) is 0. The van der Waals surface area contributed by atoms with E-state index in [0.29, 0.717) is 11.7 Å². The Kier molecular flexibility index (Phi) is 3.85. The van der Waals surface area contributed by atoms with Crippen molar-refractivity contribution in [3.8, 4) is 11.4 Å². The van der Waals surface area contributed by atoms with E-state index in [1.54, 1.807) is 0 Å². The maximum Gasteiger partial charge on any atom is 0.162 e. The molecule has 1 aromatic heterocycles. The molecule has 4 heteroatoms. The zero-order valence-corrected chi connectivity index (χ0v) is 12.9. The van der Waals surface area contributed by atoms with Crippen molar-refractivity contribution in [3.05, 3.63) is 39.1 Å². The van der Waals surface area contributed by atoms with Gasteiger partial charge in [0, 0.05) is 5.56 Å². The van der Waals surface area contributed by atoms with Crippen molar-refractivity contribution in [2.24, 2.45) is 0 Å². The summed E-state index contributed by atoms with van der Waals surface area (Å²) in [5.41, 5.74) is 9.21. The Hall–Kier alpha value is -1.17. The monoisotopic (exact) mass is 353 g/mol. The highest BCUT2D eigenvalue weighted by Gasteiger charge is 2.14. The molecule has 0 aliphatic rings. The summed E-state index contributed by atoms with van der Waals surface area (Å²) in [6.45, 7) is 6.29. The lowest BCUT2D eigenvalue weighted by molar-refractivity contribution is 0.810. The summed E-state index contributed by atoms with van der Waals surface area (Å²) in [5, 5.41) is 0. The van der Waals surface area contributed by atoms with Gasteiger partial charge in [0.05, 0.1) is 9.26 Å². The second kappa shape index (κ2) is 5.22. The normalized spacial score (nSPS) is 10.9. The minimum Gasteiger partial charge on any atom is -0.383 e. The molecule has 18 heavy (non-hydrogen) atoms. The molecule has 2 N–H and O–H groups in total. The maximum atomic E-state index is 5.99.